The van der Waals surface area contributed by atoms with Crippen LogP contribution in [0.1, 0.15) is 0 Å². The summed E-state index contributed by atoms with van der Waals surface area (Å²) >= 11 is 0. The minimum atomic E-state index is -1.80. The van der Waals surface area contributed by atoms with E-state index in [-0.39, 0.29) is 51.4 Å². The van der Waals surface area contributed by atoms with Crippen LogP contribution in [0.4, 0.5) is 5.69 Å². The molecule has 0 unspecified atom stereocenters. The van der Waals surface area contributed by atoms with Crippen LogP contribution in [0.3, 0.4) is 0 Å². The zero-order chi connectivity index (χ0) is 12.3. The molecule has 0 spiro atoms. The third kappa shape index (κ3) is 3.68. The van der Waals surface area contributed by atoms with Crippen LogP contribution in [0.15, 0.2) is 24.3 Å². The van der Waals surface area contributed by atoms with Crippen molar-refractivity contribution >= 4 is 17.6 Å². The predicted octanol–water partition coefficient (Wildman–Crippen LogP) is -4.44. The normalized spacial score (nSPS) is 9.33. The first-order valence-corrected chi connectivity index (χ1v) is 4.53. The number of aromatic nitrogens is 4. The number of tetrazole rings is 1. The molecule has 1 amide bonds. The van der Waals surface area contributed by atoms with Crippen molar-refractivity contribution in [1.29, 1.82) is 0 Å². The molecule has 1 heterocycles. The van der Waals surface area contributed by atoms with Gasteiger partial charge in [-0.25, -0.2) is 0 Å². The zero-order valence-electron chi connectivity index (χ0n) is 9.38. The number of aromatic amines is 1. The maximum atomic E-state index is 10.9. The van der Waals surface area contributed by atoms with Gasteiger partial charge in [-0.15, -0.1) is 10.2 Å². The van der Waals surface area contributed by atoms with E-state index in [1.807, 2.05) is 0 Å². The van der Waals surface area contributed by atoms with Gasteiger partial charge in [0.25, 0.3) is 5.91 Å². The van der Waals surface area contributed by atoms with E-state index in [0.29, 0.717) is 17.1 Å². The maximum absolute atomic E-state index is 10.9. The van der Waals surface area contributed by atoms with Crippen LogP contribution in [-0.2, 0) is 9.59 Å². The Morgan fingerprint density at radius 1 is 1.33 bits per heavy atom. The molecule has 2 aromatic rings. The Bertz CT molecular complexity index is 557. The first-order chi connectivity index (χ1) is 8.16. The molecule has 2 N–H and O–H groups in total. The molecule has 1 aromatic heterocycles. The summed E-state index contributed by atoms with van der Waals surface area (Å²) in [5.74, 6) is -2.67. The summed E-state index contributed by atoms with van der Waals surface area (Å²) in [4.78, 5) is 21.1. The number of nitrogens with zero attached hydrogens (tertiary/aromatic N) is 3. The van der Waals surface area contributed by atoms with Gasteiger partial charge in [0, 0.05) is 11.3 Å². The zero-order valence-corrected chi connectivity index (χ0v) is 12.5. The van der Waals surface area contributed by atoms with E-state index in [1.165, 1.54) is 12.1 Å². The van der Waals surface area contributed by atoms with Gasteiger partial charge in [0.1, 0.15) is 5.97 Å². The molecule has 0 saturated heterocycles. The summed E-state index contributed by atoms with van der Waals surface area (Å²) in [6.07, 6.45) is 0. The molecule has 0 aliphatic rings. The maximum Gasteiger partial charge on any atom is 1.00 e. The Morgan fingerprint density at radius 2 is 2.11 bits per heavy atom. The topological polar surface area (TPSA) is 124 Å². The van der Waals surface area contributed by atoms with Gasteiger partial charge in [0.2, 0.25) is 5.82 Å². The number of carboxylic acid groups (broad SMARTS) is 1. The molecule has 8 nitrogen and oxygen atoms in total. The summed E-state index contributed by atoms with van der Waals surface area (Å²) in [5.41, 5.74) is 0.899. The monoisotopic (exact) mass is 271 g/mol. The van der Waals surface area contributed by atoms with Crippen LogP contribution in [0.2, 0.25) is 0 Å². The molecule has 9 heteroatoms. The fourth-order valence-corrected chi connectivity index (χ4v) is 1.20. The fraction of sp³-hybridized carbons (Fsp3) is 0. The molecular formula is C9H6KN5O3. The van der Waals surface area contributed by atoms with Crippen LogP contribution in [-0.4, -0.2) is 32.5 Å². The van der Waals surface area contributed by atoms with E-state index in [2.05, 4.69) is 25.9 Å². The van der Waals surface area contributed by atoms with Crippen LogP contribution in [0, 0.1) is 0 Å². The smallest absolute Gasteiger partial charge is 0.540 e. The van der Waals surface area contributed by atoms with Crippen LogP contribution in [0.5, 0.6) is 0 Å². The SMILES string of the molecule is O=C([O-])C(=O)Nc1cccc(-c2nn[nH]n2)c1.[K+]. The molecule has 0 bridgehead atoms. The second-order valence-corrected chi connectivity index (χ2v) is 3.06. The third-order valence-corrected chi connectivity index (χ3v) is 1.91. The van der Waals surface area contributed by atoms with Gasteiger partial charge in [-0.2, -0.15) is 5.21 Å². The Morgan fingerprint density at radius 3 is 2.72 bits per heavy atom. The van der Waals surface area contributed by atoms with Gasteiger partial charge in [-0.05, 0) is 17.3 Å². The van der Waals surface area contributed by atoms with Crippen LogP contribution in [0.25, 0.3) is 11.4 Å². The van der Waals surface area contributed by atoms with E-state index in [1.54, 1.807) is 12.1 Å². The number of rotatable bonds is 2. The molecule has 0 fully saturated rings. The number of hydrogen-bond donors (Lipinski definition) is 2. The number of carboxylic acids is 1. The van der Waals surface area contributed by atoms with Gasteiger partial charge in [-0.3, -0.25) is 4.79 Å². The predicted molar refractivity (Wildman–Crippen MR) is 53.3 cm³/mol. The molecule has 18 heavy (non-hydrogen) atoms. The average Bonchev–Trinajstić information content (AvgIpc) is 2.82. The summed E-state index contributed by atoms with van der Waals surface area (Å²) in [7, 11) is 0. The van der Waals surface area contributed by atoms with E-state index in [9.17, 15) is 14.7 Å². The van der Waals surface area contributed by atoms with Gasteiger partial charge in [0.05, 0.1) is 0 Å². The van der Waals surface area contributed by atoms with E-state index >= 15 is 0 Å². The number of aliphatic carboxylic acids is 1. The number of benzene rings is 1. The molecule has 2 rings (SSSR count). The number of H-pyrrole nitrogens is 1. The van der Waals surface area contributed by atoms with Gasteiger partial charge in [0.15, 0.2) is 0 Å². The van der Waals surface area contributed by atoms with Crippen molar-refractivity contribution in [2.75, 3.05) is 5.32 Å². The Balaban J connectivity index is 0.00000162. The molecule has 0 aliphatic heterocycles. The molecular weight excluding hydrogens is 265 g/mol. The molecule has 86 valence electrons. The number of hydrogen-bond acceptors (Lipinski definition) is 6. The van der Waals surface area contributed by atoms with Crippen molar-refractivity contribution in [2.24, 2.45) is 0 Å². The van der Waals surface area contributed by atoms with Crippen molar-refractivity contribution in [2.45, 2.75) is 0 Å². The van der Waals surface area contributed by atoms with Crippen LogP contribution < -0.4 is 61.8 Å². The number of carbonyl (C=O) groups excluding carboxylic acids is 2. The van der Waals surface area contributed by atoms with Crippen molar-refractivity contribution < 1.29 is 66.1 Å². The first kappa shape index (κ1) is 14.9. The quantitative estimate of drug-likeness (QED) is 0.419. The number of anilines is 1. The Labute approximate surface area is 144 Å². The second-order valence-electron chi connectivity index (χ2n) is 3.06. The van der Waals surface area contributed by atoms with Crippen molar-refractivity contribution in [3.8, 4) is 11.4 Å². The summed E-state index contributed by atoms with van der Waals surface area (Å²) < 4.78 is 0. The standard InChI is InChI=1S/C9H7N5O3.K/c15-8(9(16)17)10-6-3-1-2-5(4-6)7-11-13-14-12-7;/h1-4H,(H,10,15)(H,16,17)(H,11,12,13,14);/q;+1/p-1. The number of amides is 1. The molecule has 0 aliphatic carbocycles. The van der Waals surface area contributed by atoms with Crippen molar-refractivity contribution in [1.82, 2.24) is 20.6 Å². The molecule has 0 atom stereocenters. The summed E-state index contributed by atoms with van der Waals surface area (Å²) in [6.45, 7) is 0. The largest absolute Gasteiger partial charge is 1.00 e. The van der Waals surface area contributed by atoms with Gasteiger partial charge < -0.3 is 15.2 Å². The van der Waals surface area contributed by atoms with E-state index in [0.717, 1.165) is 0 Å². The van der Waals surface area contributed by atoms with E-state index < -0.39 is 11.9 Å². The second kappa shape index (κ2) is 6.71. The van der Waals surface area contributed by atoms with Gasteiger partial charge in [-0.1, -0.05) is 12.1 Å². The molecule has 1 aromatic carbocycles. The molecule has 0 radical (unpaired) electrons. The summed E-state index contributed by atoms with van der Waals surface area (Å²) in [6, 6.07) is 6.37. The van der Waals surface area contributed by atoms with Gasteiger partial charge >= 0.3 is 51.4 Å². The number of nitrogens with one attached hydrogen (secondary N) is 2. The van der Waals surface area contributed by atoms with E-state index in [4.69, 9.17) is 0 Å². The average molecular weight is 271 g/mol. The minimum Gasteiger partial charge on any atom is -0.540 e. The Hall–Kier alpha value is -1.13. The van der Waals surface area contributed by atoms with Crippen molar-refractivity contribution in [3.05, 3.63) is 24.3 Å². The molecule has 0 saturated carbocycles. The Kier molecular flexibility index (Phi) is 5.56. The summed E-state index contributed by atoms with van der Waals surface area (Å²) in [5, 5.41) is 25.6. The van der Waals surface area contributed by atoms with Crippen LogP contribution >= 0.6 is 0 Å². The third-order valence-electron chi connectivity index (χ3n) is 1.91. The first-order valence-electron chi connectivity index (χ1n) is 4.53. The fourth-order valence-electron chi connectivity index (χ4n) is 1.20. The minimum absolute atomic E-state index is 0. The van der Waals surface area contributed by atoms with Crippen molar-refractivity contribution in [3.63, 3.8) is 0 Å². The number of carbonyl (C=O) groups is 2.